The maximum atomic E-state index is 12.9. The molecule has 0 amide bonds. The second kappa shape index (κ2) is 7.75. The van der Waals surface area contributed by atoms with E-state index < -0.39 is 0 Å². The molecule has 0 bridgehead atoms. The highest BCUT2D eigenvalue weighted by Crippen LogP contribution is 2.28. The molecule has 1 saturated heterocycles. The molecule has 1 atom stereocenters. The van der Waals surface area contributed by atoms with E-state index >= 15 is 0 Å². The van der Waals surface area contributed by atoms with Gasteiger partial charge in [0.15, 0.2) is 5.78 Å². The average molecular weight is 304 g/mol. The molecule has 1 aromatic carbocycles. The fourth-order valence-electron chi connectivity index (χ4n) is 3.10. The van der Waals surface area contributed by atoms with Gasteiger partial charge in [0.2, 0.25) is 0 Å². The molecule has 0 saturated carbocycles. The minimum atomic E-state index is -0.0153. The predicted molar refractivity (Wildman–Crippen MR) is 89.9 cm³/mol. The van der Waals surface area contributed by atoms with Gasteiger partial charge in [-0.3, -0.25) is 4.79 Å². The first-order chi connectivity index (χ1) is 10.5. The number of hydrogen-bond acceptors (Lipinski definition) is 4. The molecule has 1 aliphatic rings. The molecule has 122 valence electrons. The zero-order chi connectivity index (χ0) is 16.1. The van der Waals surface area contributed by atoms with Gasteiger partial charge in [0, 0.05) is 38.6 Å². The standard InChI is InChI=1S/C18H28N2O2/c1-5-22-18-14(3)10-13(2)11-16(18)17(21)15(4)12-20-8-6-19-7-9-20/h10-11,15,19H,5-9,12H2,1-4H3. The molecule has 1 heterocycles. The smallest absolute Gasteiger partial charge is 0.170 e. The molecule has 1 N–H and O–H groups in total. The Bertz CT molecular complexity index is 522. The van der Waals surface area contributed by atoms with Crippen LogP contribution in [0.2, 0.25) is 0 Å². The number of hydrogen-bond donors (Lipinski definition) is 1. The summed E-state index contributed by atoms with van der Waals surface area (Å²) >= 11 is 0. The van der Waals surface area contributed by atoms with Gasteiger partial charge in [0.25, 0.3) is 0 Å². The van der Waals surface area contributed by atoms with Gasteiger partial charge in [-0.2, -0.15) is 0 Å². The van der Waals surface area contributed by atoms with Gasteiger partial charge in [0.05, 0.1) is 12.2 Å². The van der Waals surface area contributed by atoms with Gasteiger partial charge in [-0.1, -0.05) is 13.0 Å². The highest BCUT2D eigenvalue weighted by Gasteiger charge is 2.23. The summed E-state index contributed by atoms with van der Waals surface area (Å²) in [5, 5.41) is 3.34. The quantitative estimate of drug-likeness (QED) is 0.820. The number of ether oxygens (including phenoxy) is 1. The van der Waals surface area contributed by atoms with E-state index in [1.807, 2.05) is 33.8 Å². The Labute approximate surface area is 133 Å². The van der Waals surface area contributed by atoms with Gasteiger partial charge in [0.1, 0.15) is 5.75 Å². The molecule has 1 unspecified atom stereocenters. The number of piperazine rings is 1. The SMILES string of the molecule is CCOc1c(C)cc(C)cc1C(=O)C(C)CN1CCNCC1. The second-order valence-electron chi connectivity index (χ2n) is 6.21. The maximum absolute atomic E-state index is 12.9. The molecule has 1 aliphatic heterocycles. The van der Waals surface area contributed by atoms with Gasteiger partial charge < -0.3 is 15.0 Å². The van der Waals surface area contributed by atoms with E-state index in [1.54, 1.807) is 0 Å². The van der Waals surface area contributed by atoms with Crippen molar-refractivity contribution in [3.05, 3.63) is 28.8 Å². The van der Waals surface area contributed by atoms with E-state index in [0.717, 1.165) is 55.2 Å². The van der Waals surface area contributed by atoms with Crippen LogP contribution in [0.1, 0.15) is 35.3 Å². The minimum Gasteiger partial charge on any atom is -0.493 e. The number of benzene rings is 1. The van der Waals surface area contributed by atoms with Crippen LogP contribution in [0.3, 0.4) is 0 Å². The molecule has 0 aliphatic carbocycles. The lowest BCUT2D eigenvalue weighted by molar-refractivity contribution is 0.0883. The van der Waals surface area contributed by atoms with Crippen molar-refractivity contribution in [1.82, 2.24) is 10.2 Å². The summed E-state index contributed by atoms with van der Waals surface area (Å²) < 4.78 is 5.74. The molecule has 0 radical (unpaired) electrons. The van der Waals surface area contributed by atoms with Gasteiger partial charge >= 0.3 is 0 Å². The maximum Gasteiger partial charge on any atom is 0.170 e. The molecule has 2 rings (SSSR count). The summed E-state index contributed by atoms with van der Waals surface area (Å²) in [6.45, 7) is 13.5. The number of ketones is 1. The summed E-state index contributed by atoms with van der Waals surface area (Å²) in [4.78, 5) is 15.3. The van der Waals surface area contributed by atoms with Crippen molar-refractivity contribution in [2.24, 2.45) is 5.92 Å². The summed E-state index contributed by atoms with van der Waals surface area (Å²) in [7, 11) is 0. The highest BCUT2D eigenvalue weighted by molar-refractivity contribution is 6.00. The first kappa shape index (κ1) is 17.0. The number of rotatable bonds is 6. The molecule has 0 aromatic heterocycles. The van der Waals surface area contributed by atoms with E-state index in [0.29, 0.717) is 6.61 Å². The predicted octanol–water partition coefficient (Wildman–Crippen LogP) is 2.43. The first-order valence-electron chi connectivity index (χ1n) is 8.24. The minimum absolute atomic E-state index is 0.0153. The zero-order valence-electron chi connectivity index (χ0n) is 14.2. The van der Waals surface area contributed by atoms with Crippen molar-refractivity contribution < 1.29 is 9.53 Å². The van der Waals surface area contributed by atoms with E-state index in [-0.39, 0.29) is 11.7 Å². The number of Topliss-reactive ketones (excluding diaryl/α,β-unsaturated/α-hetero) is 1. The molecule has 1 aromatic rings. The van der Waals surface area contributed by atoms with Crippen LogP contribution in [-0.2, 0) is 0 Å². The van der Waals surface area contributed by atoms with Crippen LogP contribution in [0.15, 0.2) is 12.1 Å². The molecule has 22 heavy (non-hydrogen) atoms. The van der Waals surface area contributed by atoms with Crippen LogP contribution in [0.4, 0.5) is 0 Å². The molecule has 1 fully saturated rings. The molecular weight excluding hydrogens is 276 g/mol. The van der Waals surface area contributed by atoms with Gasteiger partial charge in [-0.15, -0.1) is 0 Å². The van der Waals surface area contributed by atoms with Gasteiger partial charge in [-0.25, -0.2) is 0 Å². The Kier molecular flexibility index (Phi) is 5.98. The van der Waals surface area contributed by atoms with Crippen molar-refractivity contribution in [3.63, 3.8) is 0 Å². The Hall–Kier alpha value is -1.39. The van der Waals surface area contributed by atoms with Crippen molar-refractivity contribution in [2.45, 2.75) is 27.7 Å². The van der Waals surface area contributed by atoms with Crippen molar-refractivity contribution in [3.8, 4) is 5.75 Å². The molecule has 4 nitrogen and oxygen atoms in total. The van der Waals surface area contributed by atoms with Gasteiger partial charge in [-0.05, 0) is 38.0 Å². The van der Waals surface area contributed by atoms with Crippen LogP contribution in [-0.4, -0.2) is 50.0 Å². The largest absolute Gasteiger partial charge is 0.493 e. The number of carbonyl (C=O) groups is 1. The number of nitrogens with one attached hydrogen (secondary N) is 1. The lowest BCUT2D eigenvalue weighted by Crippen LogP contribution is -2.45. The number of aryl methyl sites for hydroxylation is 2. The highest BCUT2D eigenvalue weighted by atomic mass is 16.5. The number of nitrogens with zero attached hydrogens (tertiary/aromatic N) is 1. The lowest BCUT2D eigenvalue weighted by atomic mass is 9.94. The molecule has 4 heteroatoms. The Morgan fingerprint density at radius 2 is 2.00 bits per heavy atom. The molecule has 0 spiro atoms. The Balaban J connectivity index is 2.16. The fraction of sp³-hybridized carbons (Fsp3) is 0.611. The summed E-state index contributed by atoms with van der Waals surface area (Å²) in [6, 6.07) is 4.04. The van der Waals surface area contributed by atoms with Crippen LogP contribution < -0.4 is 10.1 Å². The zero-order valence-corrected chi connectivity index (χ0v) is 14.2. The van der Waals surface area contributed by atoms with Crippen molar-refractivity contribution in [1.29, 1.82) is 0 Å². The van der Waals surface area contributed by atoms with E-state index in [2.05, 4.69) is 16.3 Å². The lowest BCUT2D eigenvalue weighted by Gasteiger charge is -2.29. The Morgan fingerprint density at radius 1 is 1.32 bits per heavy atom. The third-order valence-corrected chi connectivity index (χ3v) is 4.16. The van der Waals surface area contributed by atoms with E-state index in [9.17, 15) is 4.79 Å². The normalized spacial score (nSPS) is 17.3. The number of carbonyl (C=O) groups excluding carboxylic acids is 1. The summed E-state index contributed by atoms with van der Waals surface area (Å²) in [5.41, 5.74) is 2.89. The van der Waals surface area contributed by atoms with Crippen molar-refractivity contribution in [2.75, 3.05) is 39.3 Å². The van der Waals surface area contributed by atoms with Crippen LogP contribution in [0.25, 0.3) is 0 Å². The van der Waals surface area contributed by atoms with Crippen LogP contribution >= 0.6 is 0 Å². The van der Waals surface area contributed by atoms with Crippen LogP contribution in [0, 0.1) is 19.8 Å². The first-order valence-corrected chi connectivity index (χ1v) is 8.24. The topological polar surface area (TPSA) is 41.6 Å². The third kappa shape index (κ3) is 4.08. The van der Waals surface area contributed by atoms with Crippen LogP contribution in [0.5, 0.6) is 5.75 Å². The van der Waals surface area contributed by atoms with E-state index in [4.69, 9.17) is 4.74 Å². The summed E-state index contributed by atoms with van der Waals surface area (Å²) in [5.74, 6) is 0.928. The summed E-state index contributed by atoms with van der Waals surface area (Å²) in [6.07, 6.45) is 0. The second-order valence-corrected chi connectivity index (χ2v) is 6.21. The van der Waals surface area contributed by atoms with E-state index in [1.165, 1.54) is 0 Å². The molecular formula is C18H28N2O2. The third-order valence-electron chi connectivity index (χ3n) is 4.16. The van der Waals surface area contributed by atoms with Crippen molar-refractivity contribution >= 4 is 5.78 Å². The monoisotopic (exact) mass is 304 g/mol. The Morgan fingerprint density at radius 3 is 2.64 bits per heavy atom. The average Bonchev–Trinajstić information content (AvgIpc) is 2.50. The fourth-order valence-corrected chi connectivity index (χ4v) is 3.10.